The smallest absolute Gasteiger partial charge is 0.245 e. The van der Waals surface area contributed by atoms with Gasteiger partial charge < -0.3 is 10.6 Å². The highest BCUT2D eigenvalue weighted by molar-refractivity contribution is 7.89. The molecule has 1 heterocycles. The van der Waals surface area contributed by atoms with E-state index in [0.717, 1.165) is 12.6 Å². The van der Waals surface area contributed by atoms with Gasteiger partial charge in [0.05, 0.1) is 5.69 Å². The summed E-state index contributed by atoms with van der Waals surface area (Å²) in [5, 5.41) is 0. The van der Waals surface area contributed by atoms with Crippen molar-refractivity contribution in [3.8, 4) is 0 Å². The highest BCUT2D eigenvalue weighted by Gasteiger charge is 2.29. The molecule has 1 aromatic rings. The lowest BCUT2D eigenvalue weighted by molar-refractivity contribution is 0.178. The average molecular weight is 301 g/mol. The second-order valence-electron chi connectivity index (χ2n) is 5.33. The molecule has 2 rings (SSSR count). The fourth-order valence-corrected chi connectivity index (χ4v) is 3.96. The summed E-state index contributed by atoms with van der Waals surface area (Å²) in [4.78, 5) is 1.72. The van der Waals surface area contributed by atoms with Crippen molar-refractivity contribution in [3.63, 3.8) is 0 Å². The van der Waals surface area contributed by atoms with Crippen molar-refractivity contribution in [3.05, 3.63) is 24.0 Å². The van der Waals surface area contributed by atoms with Crippen molar-refractivity contribution >= 4 is 15.7 Å². The number of nitrogen functional groups attached to an aromatic ring is 1. The molecule has 2 atom stereocenters. The summed E-state index contributed by atoms with van der Waals surface area (Å²) in [5.41, 5.74) is 5.52. The first-order valence-electron chi connectivity index (χ1n) is 6.58. The fourth-order valence-electron chi connectivity index (χ4n) is 2.48. The molecule has 3 N–H and O–H groups in total. The molecule has 0 aromatic heterocycles. The summed E-state index contributed by atoms with van der Waals surface area (Å²) in [5.74, 6) is -0.821. The van der Waals surface area contributed by atoms with E-state index in [1.807, 2.05) is 14.0 Å². The lowest BCUT2D eigenvalue weighted by Gasteiger charge is -2.35. The molecule has 0 aliphatic carbocycles. The van der Waals surface area contributed by atoms with Crippen LogP contribution in [-0.2, 0) is 10.0 Å². The van der Waals surface area contributed by atoms with Crippen LogP contribution in [0.4, 0.5) is 10.1 Å². The fraction of sp³-hybridized carbons (Fsp3) is 0.538. The molecule has 0 saturated carbocycles. The second kappa shape index (κ2) is 5.67. The molecule has 1 saturated heterocycles. The molecule has 7 heteroatoms. The van der Waals surface area contributed by atoms with Gasteiger partial charge in [0.1, 0.15) is 10.7 Å². The lowest BCUT2D eigenvalue weighted by atomic mass is 10.0. The van der Waals surface area contributed by atoms with E-state index in [2.05, 4.69) is 9.62 Å². The van der Waals surface area contributed by atoms with Gasteiger partial charge in [0, 0.05) is 12.1 Å². The molecule has 0 radical (unpaired) electrons. The average Bonchev–Trinajstić information content (AvgIpc) is 2.33. The van der Waals surface area contributed by atoms with Crippen LogP contribution in [0.1, 0.15) is 19.8 Å². The van der Waals surface area contributed by atoms with Crippen molar-refractivity contribution in [1.29, 1.82) is 0 Å². The van der Waals surface area contributed by atoms with Gasteiger partial charge >= 0.3 is 0 Å². The highest BCUT2D eigenvalue weighted by atomic mass is 32.2. The Morgan fingerprint density at radius 3 is 2.75 bits per heavy atom. The maximum Gasteiger partial charge on any atom is 0.245 e. The van der Waals surface area contributed by atoms with Gasteiger partial charge in [-0.05, 0) is 45.5 Å². The number of nitrogens with two attached hydrogens (primary N) is 1. The maximum atomic E-state index is 13.7. The van der Waals surface area contributed by atoms with E-state index < -0.39 is 20.7 Å². The Bertz CT molecular complexity index is 571. The number of rotatable bonds is 3. The van der Waals surface area contributed by atoms with E-state index in [0.29, 0.717) is 12.8 Å². The first-order chi connectivity index (χ1) is 9.31. The number of hydrogen-bond donors (Lipinski definition) is 2. The molecular formula is C13H20FN3O2S. The van der Waals surface area contributed by atoms with Gasteiger partial charge in [-0.1, -0.05) is 6.07 Å². The molecule has 1 aromatic carbocycles. The van der Waals surface area contributed by atoms with Crippen molar-refractivity contribution in [2.75, 3.05) is 19.3 Å². The molecule has 20 heavy (non-hydrogen) atoms. The Labute approximate surface area is 119 Å². The topological polar surface area (TPSA) is 75.4 Å². The number of halogens is 1. The zero-order valence-corrected chi connectivity index (χ0v) is 12.5. The first-order valence-corrected chi connectivity index (χ1v) is 8.06. The molecule has 0 bridgehead atoms. The Morgan fingerprint density at radius 2 is 2.15 bits per heavy atom. The van der Waals surface area contributed by atoms with E-state index in [9.17, 15) is 12.8 Å². The summed E-state index contributed by atoms with van der Waals surface area (Å²) in [6, 6.07) is 3.97. The van der Waals surface area contributed by atoms with Crippen molar-refractivity contribution < 1.29 is 12.8 Å². The van der Waals surface area contributed by atoms with Gasteiger partial charge in [-0.2, -0.15) is 0 Å². The Kier molecular flexibility index (Phi) is 4.31. The third-order valence-corrected chi connectivity index (χ3v) is 5.41. The van der Waals surface area contributed by atoms with E-state index >= 15 is 0 Å². The third-order valence-electron chi connectivity index (χ3n) is 3.80. The molecular weight excluding hydrogens is 281 g/mol. The van der Waals surface area contributed by atoms with Crippen LogP contribution in [0.15, 0.2) is 23.1 Å². The largest absolute Gasteiger partial charge is 0.398 e. The molecule has 1 aliphatic rings. The zero-order valence-electron chi connectivity index (χ0n) is 11.6. The first kappa shape index (κ1) is 15.2. The normalized spacial score (nSPS) is 24.8. The number of anilines is 1. The predicted molar refractivity (Wildman–Crippen MR) is 76.2 cm³/mol. The number of nitrogens with one attached hydrogen (secondary N) is 1. The number of hydrogen-bond acceptors (Lipinski definition) is 4. The van der Waals surface area contributed by atoms with Gasteiger partial charge in [-0.15, -0.1) is 0 Å². The van der Waals surface area contributed by atoms with Crippen molar-refractivity contribution in [1.82, 2.24) is 9.62 Å². The minimum Gasteiger partial charge on any atom is -0.398 e. The Balaban J connectivity index is 2.20. The van der Waals surface area contributed by atoms with Crippen LogP contribution in [0.3, 0.4) is 0 Å². The van der Waals surface area contributed by atoms with E-state index in [1.165, 1.54) is 12.1 Å². The summed E-state index contributed by atoms with van der Waals surface area (Å²) in [6.45, 7) is 2.85. The van der Waals surface area contributed by atoms with E-state index in [4.69, 9.17) is 5.73 Å². The minimum atomic E-state index is -3.93. The van der Waals surface area contributed by atoms with Crippen LogP contribution in [0, 0.1) is 5.82 Å². The summed E-state index contributed by atoms with van der Waals surface area (Å²) in [7, 11) is -1.93. The van der Waals surface area contributed by atoms with Crippen LogP contribution < -0.4 is 10.5 Å². The Hall–Kier alpha value is -1.18. The SMILES string of the molecule is CC1CC(NS(=O)(=O)c2c(N)cccc2F)CCN1C. The number of nitrogens with zero attached hydrogens (tertiary/aromatic N) is 1. The molecule has 2 unspecified atom stereocenters. The predicted octanol–water partition coefficient (Wildman–Crippen LogP) is 1.17. The quantitative estimate of drug-likeness (QED) is 0.822. The molecule has 0 spiro atoms. The van der Waals surface area contributed by atoms with Crippen LogP contribution in [0.25, 0.3) is 0 Å². The van der Waals surface area contributed by atoms with Gasteiger partial charge in [-0.3, -0.25) is 0 Å². The van der Waals surface area contributed by atoms with Crippen molar-refractivity contribution in [2.24, 2.45) is 0 Å². The number of benzene rings is 1. The lowest BCUT2D eigenvalue weighted by Crippen LogP contribution is -2.47. The monoisotopic (exact) mass is 301 g/mol. The van der Waals surface area contributed by atoms with Gasteiger partial charge in [0.15, 0.2) is 0 Å². The Morgan fingerprint density at radius 1 is 1.45 bits per heavy atom. The van der Waals surface area contributed by atoms with Crippen LogP contribution in [-0.4, -0.2) is 39.0 Å². The zero-order chi connectivity index (χ0) is 14.9. The number of piperidine rings is 1. The van der Waals surface area contributed by atoms with Gasteiger partial charge in [-0.25, -0.2) is 17.5 Å². The van der Waals surface area contributed by atoms with Gasteiger partial charge in [0.25, 0.3) is 0 Å². The van der Waals surface area contributed by atoms with Crippen LogP contribution >= 0.6 is 0 Å². The maximum absolute atomic E-state index is 13.7. The molecule has 112 valence electrons. The third kappa shape index (κ3) is 3.11. The van der Waals surface area contributed by atoms with Crippen molar-refractivity contribution in [2.45, 2.75) is 36.7 Å². The molecule has 1 aliphatic heterocycles. The van der Waals surface area contributed by atoms with Crippen LogP contribution in [0.2, 0.25) is 0 Å². The summed E-state index contributed by atoms with van der Waals surface area (Å²) in [6.07, 6.45) is 1.40. The summed E-state index contributed by atoms with van der Waals surface area (Å²) >= 11 is 0. The molecule has 1 fully saturated rings. The summed E-state index contributed by atoms with van der Waals surface area (Å²) < 4.78 is 40.9. The molecule has 0 amide bonds. The standard InChI is InChI=1S/C13H20FN3O2S/c1-9-8-10(6-7-17(9)2)16-20(18,19)13-11(14)4-3-5-12(13)15/h3-5,9-10,16H,6-8,15H2,1-2H3. The van der Waals surface area contributed by atoms with E-state index in [-0.39, 0.29) is 17.8 Å². The number of likely N-dealkylation sites (tertiary alicyclic amines) is 1. The van der Waals surface area contributed by atoms with E-state index in [1.54, 1.807) is 0 Å². The van der Waals surface area contributed by atoms with Crippen LogP contribution in [0.5, 0.6) is 0 Å². The number of sulfonamides is 1. The second-order valence-corrected chi connectivity index (χ2v) is 6.98. The minimum absolute atomic E-state index is 0.0709. The molecule has 5 nitrogen and oxygen atoms in total. The van der Waals surface area contributed by atoms with Gasteiger partial charge in [0.2, 0.25) is 10.0 Å². The highest BCUT2D eigenvalue weighted by Crippen LogP contribution is 2.23.